The molecule has 1 aromatic heterocycles. The molecular weight excluding hydrogens is 388 g/mol. The Morgan fingerprint density at radius 1 is 1.23 bits per heavy atom. The van der Waals surface area contributed by atoms with E-state index < -0.39 is 5.60 Å². The molecule has 168 valence electrons. The Morgan fingerprint density at radius 3 is 2.67 bits per heavy atom. The number of aromatic nitrogens is 1. The number of aliphatic hydroxyl groups excluding tert-OH is 1. The number of hydrogen-bond acceptors (Lipinski definition) is 7. The van der Waals surface area contributed by atoms with Crippen molar-refractivity contribution in [2.45, 2.75) is 63.2 Å². The van der Waals surface area contributed by atoms with Crippen LogP contribution in [0.15, 0.2) is 18.3 Å². The third kappa shape index (κ3) is 4.94. The Labute approximate surface area is 178 Å². The maximum absolute atomic E-state index is 13.0. The molecular formula is C22H34N2O6. The molecule has 8 heteroatoms. The smallest absolute Gasteiger partial charge is 0.259 e. The normalized spacial score (nSPS) is 29.0. The molecule has 1 aromatic rings. The monoisotopic (exact) mass is 422 g/mol. The highest BCUT2D eigenvalue weighted by molar-refractivity contribution is 5.93. The second-order valence-electron chi connectivity index (χ2n) is 8.32. The van der Waals surface area contributed by atoms with Gasteiger partial charge in [-0.3, -0.25) is 9.78 Å². The average Bonchev–Trinajstić information content (AvgIpc) is 2.75. The number of amides is 1. The van der Waals surface area contributed by atoms with Crippen molar-refractivity contribution in [1.82, 2.24) is 9.88 Å². The van der Waals surface area contributed by atoms with Crippen molar-refractivity contribution in [3.63, 3.8) is 0 Å². The molecule has 1 amide bonds. The summed E-state index contributed by atoms with van der Waals surface area (Å²) in [5, 5.41) is 9.54. The molecule has 1 N–H and O–H groups in total. The number of methoxy groups -OCH3 is 2. The number of pyridine rings is 1. The van der Waals surface area contributed by atoms with Crippen molar-refractivity contribution in [1.29, 1.82) is 0 Å². The van der Waals surface area contributed by atoms with Gasteiger partial charge in [0.1, 0.15) is 19.3 Å². The highest BCUT2D eigenvalue weighted by Gasteiger charge is 2.61. The van der Waals surface area contributed by atoms with Crippen molar-refractivity contribution in [2.24, 2.45) is 5.92 Å². The Hall–Kier alpha value is -1.74. The number of carbonyl (C=O) groups is 1. The Bertz CT molecular complexity index is 694. The summed E-state index contributed by atoms with van der Waals surface area (Å²) in [7, 11) is 3.05. The molecule has 1 aliphatic carbocycles. The molecule has 0 radical (unpaired) electrons. The van der Waals surface area contributed by atoms with Crippen LogP contribution in [0.3, 0.4) is 0 Å². The molecule has 0 spiro atoms. The fourth-order valence-corrected chi connectivity index (χ4v) is 4.51. The zero-order valence-electron chi connectivity index (χ0n) is 18.2. The van der Waals surface area contributed by atoms with Crippen LogP contribution >= 0.6 is 0 Å². The van der Waals surface area contributed by atoms with E-state index in [4.69, 9.17) is 18.9 Å². The lowest BCUT2D eigenvalue weighted by atomic mass is 9.77. The summed E-state index contributed by atoms with van der Waals surface area (Å²) in [5.41, 5.74) is -0.426. The van der Waals surface area contributed by atoms with Gasteiger partial charge in [0.05, 0.1) is 12.1 Å². The van der Waals surface area contributed by atoms with E-state index in [0.717, 1.165) is 24.5 Å². The van der Waals surface area contributed by atoms with Crippen LogP contribution in [0.1, 0.15) is 44.7 Å². The fraction of sp³-hybridized carbons (Fsp3) is 0.727. The number of β-lactam (4-membered cyclic amide) rings is 1. The number of ether oxygens (including phenoxy) is 4. The van der Waals surface area contributed by atoms with Gasteiger partial charge >= 0.3 is 0 Å². The molecule has 2 atom stereocenters. The zero-order chi connectivity index (χ0) is 21.6. The van der Waals surface area contributed by atoms with Gasteiger partial charge in [0.15, 0.2) is 5.60 Å². The molecule has 2 fully saturated rings. The van der Waals surface area contributed by atoms with Crippen molar-refractivity contribution in [3.05, 3.63) is 24.0 Å². The molecule has 3 rings (SSSR count). The number of hydrogen-bond donors (Lipinski definition) is 1. The lowest BCUT2D eigenvalue weighted by molar-refractivity contribution is -0.234. The van der Waals surface area contributed by atoms with E-state index >= 15 is 0 Å². The molecule has 2 heterocycles. The van der Waals surface area contributed by atoms with Crippen LogP contribution in [0.25, 0.3) is 0 Å². The molecule has 8 nitrogen and oxygen atoms in total. The van der Waals surface area contributed by atoms with Gasteiger partial charge in [-0.05, 0) is 44.1 Å². The molecule has 30 heavy (non-hydrogen) atoms. The van der Waals surface area contributed by atoms with E-state index in [1.165, 1.54) is 27.1 Å². The summed E-state index contributed by atoms with van der Waals surface area (Å²) in [6.07, 6.45) is 7.07. The minimum atomic E-state index is -1.14. The topological polar surface area (TPSA) is 90.4 Å². The Balaban J connectivity index is 1.75. The Morgan fingerprint density at radius 2 is 2.00 bits per heavy atom. The predicted octanol–water partition coefficient (Wildman–Crippen LogP) is 2.14. The highest BCUT2D eigenvalue weighted by atomic mass is 16.7. The van der Waals surface area contributed by atoms with Gasteiger partial charge in [-0.1, -0.05) is 6.92 Å². The standard InChI is InChI=1S/C22H34N2O6/c1-16-4-6-18(7-5-16)30-19-8-10-23-17(12-19)13-22(29-15-28-3)20(9-11-25)24(14-27-2)21(22)26/h8,10,12,16,18,20,25H,4-7,9,11,13-15H2,1-3H3/t16?,18?,20-,22+/m0/s1. The molecule has 1 saturated heterocycles. The third-order valence-corrected chi connectivity index (χ3v) is 6.14. The second kappa shape index (κ2) is 10.5. The van der Waals surface area contributed by atoms with Crippen LogP contribution in [-0.4, -0.2) is 73.0 Å². The molecule has 1 saturated carbocycles. The van der Waals surface area contributed by atoms with Gasteiger partial charge in [0, 0.05) is 45.2 Å². The minimum Gasteiger partial charge on any atom is -0.490 e. The lowest BCUT2D eigenvalue weighted by Crippen LogP contribution is -2.76. The maximum Gasteiger partial charge on any atom is 0.259 e. The van der Waals surface area contributed by atoms with E-state index in [-0.39, 0.29) is 44.6 Å². The first kappa shape index (κ1) is 22.9. The van der Waals surface area contributed by atoms with Gasteiger partial charge in [0.2, 0.25) is 0 Å². The van der Waals surface area contributed by atoms with Gasteiger partial charge < -0.3 is 29.0 Å². The van der Waals surface area contributed by atoms with Crippen molar-refractivity contribution < 1.29 is 28.8 Å². The number of likely N-dealkylation sites (tertiary alicyclic amines) is 1. The molecule has 0 aromatic carbocycles. The van der Waals surface area contributed by atoms with Crippen molar-refractivity contribution in [3.8, 4) is 5.75 Å². The summed E-state index contributed by atoms with van der Waals surface area (Å²) in [6, 6.07) is 3.42. The minimum absolute atomic E-state index is 0.0229. The van der Waals surface area contributed by atoms with Gasteiger partial charge in [-0.25, -0.2) is 0 Å². The first-order valence-corrected chi connectivity index (χ1v) is 10.7. The molecule has 2 aliphatic rings. The second-order valence-corrected chi connectivity index (χ2v) is 8.32. The van der Waals surface area contributed by atoms with Crippen LogP contribution in [0.4, 0.5) is 0 Å². The predicted molar refractivity (Wildman–Crippen MR) is 110 cm³/mol. The maximum atomic E-state index is 13.0. The summed E-state index contributed by atoms with van der Waals surface area (Å²) in [5.74, 6) is 1.34. The molecule has 0 bridgehead atoms. The van der Waals surface area contributed by atoms with Gasteiger partial charge in [0.25, 0.3) is 5.91 Å². The first-order chi connectivity index (χ1) is 14.5. The fourth-order valence-electron chi connectivity index (χ4n) is 4.51. The largest absolute Gasteiger partial charge is 0.490 e. The van der Waals surface area contributed by atoms with Crippen LogP contribution in [-0.2, 0) is 25.4 Å². The number of carbonyl (C=O) groups excluding carboxylic acids is 1. The number of nitrogens with zero attached hydrogens (tertiary/aromatic N) is 2. The summed E-state index contributed by atoms with van der Waals surface area (Å²) in [4.78, 5) is 19.1. The van der Waals surface area contributed by atoms with Crippen LogP contribution in [0, 0.1) is 5.92 Å². The number of rotatable bonds is 11. The SMILES string of the molecule is COCO[C@@]1(Cc2cc(OC3CCC(C)CC3)ccn2)C(=O)N(COC)[C@H]1CCO. The quantitative estimate of drug-likeness (QED) is 0.432. The zero-order valence-corrected chi connectivity index (χ0v) is 18.2. The van der Waals surface area contributed by atoms with Crippen molar-refractivity contribution in [2.75, 3.05) is 34.4 Å². The van der Waals surface area contributed by atoms with Crippen LogP contribution < -0.4 is 4.74 Å². The van der Waals surface area contributed by atoms with E-state index in [2.05, 4.69) is 11.9 Å². The first-order valence-electron chi connectivity index (χ1n) is 10.7. The third-order valence-electron chi connectivity index (χ3n) is 6.14. The highest BCUT2D eigenvalue weighted by Crippen LogP contribution is 2.39. The van der Waals surface area contributed by atoms with Gasteiger partial charge in [-0.2, -0.15) is 0 Å². The van der Waals surface area contributed by atoms with E-state index in [0.29, 0.717) is 12.1 Å². The van der Waals surface area contributed by atoms with Crippen molar-refractivity contribution >= 4 is 5.91 Å². The summed E-state index contributed by atoms with van der Waals surface area (Å²) in [6.45, 7) is 2.35. The van der Waals surface area contributed by atoms with E-state index in [1.807, 2.05) is 12.1 Å². The van der Waals surface area contributed by atoms with E-state index in [9.17, 15) is 9.90 Å². The summed E-state index contributed by atoms with van der Waals surface area (Å²) >= 11 is 0. The van der Waals surface area contributed by atoms with Crippen LogP contribution in [0.5, 0.6) is 5.75 Å². The molecule has 1 aliphatic heterocycles. The van der Waals surface area contributed by atoms with Crippen LogP contribution in [0.2, 0.25) is 0 Å². The average molecular weight is 423 g/mol. The van der Waals surface area contributed by atoms with Gasteiger partial charge in [-0.15, -0.1) is 0 Å². The van der Waals surface area contributed by atoms with E-state index in [1.54, 1.807) is 11.1 Å². The summed E-state index contributed by atoms with van der Waals surface area (Å²) < 4.78 is 22.3. The Kier molecular flexibility index (Phi) is 8.05. The lowest BCUT2D eigenvalue weighted by Gasteiger charge is -2.54. The number of aliphatic hydroxyl groups is 1. The molecule has 0 unspecified atom stereocenters.